The third kappa shape index (κ3) is 2.25. The number of benzene rings is 1. The van der Waals surface area contributed by atoms with Gasteiger partial charge in [-0.15, -0.1) is 0 Å². The zero-order valence-electron chi connectivity index (χ0n) is 12.8. The van der Waals surface area contributed by atoms with Crippen LogP contribution in [-0.4, -0.2) is 21.6 Å². The first kappa shape index (κ1) is 14.9. The van der Waals surface area contributed by atoms with E-state index >= 15 is 0 Å². The number of Topliss-reactive ketones (excluding diaryl/α,β-unsaturated/α-hetero) is 1. The van der Waals surface area contributed by atoms with E-state index < -0.39 is 17.4 Å². The Balaban J connectivity index is 2.25. The van der Waals surface area contributed by atoms with Crippen molar-refractivity contribution in [3.05, 3.63) is 52.7 Å². The van der Waals surface area contributed by atoms with Gasteiger partial charge in [-0.05, 0) is 38.5 Å². The molecule has 1 aliphatic rings. The number of rotatable bonds is 2. The quantitative estimate of drug-likeness (QED) is 0.926. The van der Waals surface area contributed by atoms with Gasteiger partial charge in [0.25, 0.3) is 0 Å². The first-order valence-electron chi connectivity index (χ1n) is 7.24. The van der Waals surface area contributed by atoms with Crippen LogP contribution in [0, 0.1) is 18.7 Å². The number of aliphatic hydroxyl groups is 1. The molecule has 0 radical (unpaired) electrons. The number of hydrogen-bond donors (Lipinski definition) is 1. The molecular formula is C17H18FNO3. The van der Waals surface area contributed by atoms with Gasteiger partial charge in [-0.2, -0.15) is 0 Å². The number of carbonyl (C=O) groups is 1. The van der Waals surface area contributed by atoms with Crippen molar-refractivity contribution in [2.75, 3.05) is 0 Å². The lowest BCUT2D eigenvalue weighted by molar-refractivity contribution is -0.130. The largest absolute Gasteiger partial charge is 0.389 e. The Hall–Kier alpha value is -2.01. The van der Waals surface area contributed by atoms with E-state index in [2.05, 4.69) is 5.16 Å². The number of carbonyl (C=O) groups excluding carboxylic acids is 1. The fourth-order valence-corrected chi connectivity index (χ4v) is 3.66. The van der Waals surface area contributed by atoms with Crippen molar-refractivity contribution in [1.82, 2.24) is 5.16 Å². The van der Waals surface area contributed by atoms with Crippen molar-refractivity contribution < 1.29 is 18.8 Å². The average molecular weight is 303 g/mol. The van der Waals surface area contributed by atoms with Gasteiger partial charge < -0.3 is 9.63 Å². The highest BCUT2D eigenvalue weighted by Gasteiger charge is 2.49. The van der Waals surface area contributed by atoms with Gasteiger partial charge in [0.05, 0.1) is 17.2 Å². The molecule has 5 heteroatoms. The molecule has 1 heterocycles. The molecule has 1 N–H and O–H groups in total. The van der Waals surface area contributed by atoms with Crippen LogP contribution in [0.15, 0.2) is 28.8 Å². The molecule has 1 aliphatic carbocycles. The Kier molecular flexibility index (Phi) is 3.40. The Morgan fingerprint density at radius 3 is 2.86 bits per heavy atom. The molecule has 0 saturated carbocycles. The zero-order valence-corrected chi connectivity index (χ0v) is 12.8. The Bertz CT molecular complexity index is 735. The average Bonchev–Trinajstić information content (AvgIpc) is 2.76. The number of fused-ring (bicyclic) bond motifs is 1. The second-order valence-corrected chi connectivity index (χ2v) is 6.25. The van der Waals surface area contributed by atoms with Crippen LogP contribution in [0.1, 0.15) is 42.3 Å². The molecule has 3 rings (SSSR count). The molecule has 0 saturated heterocycles. The highest BCUT2D eigenvalue weighted by atomic mass is 19.1. The van der Waals surface area contributed by atoms with Gasteiger partial charge in [0.1, 0.15) is 17.4 Å². The summed E-state index contributed by atoms with van der Waals surface area (Å²) in [6, 6.07) is 6.13. The smallest absolute Gasteiger partial charge is 0.137 e. The van der Waals surface area contributed by atoms with Gasteiger partial charge in [-0.3, -0.25) is 4.79 Å². The molecule has 1 aromatic carbocycles. The maximum absolute atomic E-state index is 13.7. The summed E-state index contributed by atoms with van der Waals surface area (Å²) < 4.78 is 18.9. The van der Waals surface area contributed by atoms with Gasteiger partial charge in [-0.1, -0.05) is 17.3 Å². The van der Waals surface area contributed by atoms with Gasteiger partial charge in [0, 0.05) is 17.9 Å². The lowest BCUT2D eigenvalue weighted by atomic mass is 9.64. The van der Waals surface area contributed by atoms with Crippen molar-refractivity contribution in [3.8, 4) is 0 Å². The molecule has 2 aromatic rings. The van der Waals surface area contributed by atoms with E-state index in [0.717, 1.165) is 5.56 Å². The van der Waals surface area contributed by atoms with Crippen LogP contribution in [-0.2, 0) is 11.2 Å². The van der Waals surface area contributed by atoms with E-state index in [1.54, 1.807) is 26.0 Å². The second-order valence-electron chi connectivity index (χ2n) is 6.25. The molecule has 4 nitrogen and oxygen atoms in total. The van der Waals surface area contributed by atoms with Gasteiger partial charge in [0.2, 0.25) is 0 Å². The minimum Gasteiger partial charge on any atom is -0.389 e. The topological polar surface area (TPSA) is 63.3 Å². The van der Waals surface area contributed by atoms with E-state index in [4.69, 9.17) is 4.52 Å². The van der Waals surface area contributed by atoms with Gasteiger partial charge in [0.15, 0.2) is 0 Å². The van der Waals surface area contributed by atoms with E-state index in [1.165, 1.54) is 19.1 Å². The van der Waals surface area contributed by atoms with Crippen molar-refractivity contribution in [2.45, 2.75) is 38.7 Å². The summed E-state index contributed by atoms with van der Waals surface area (Å²) in [6.07, 6.45) is 0.246. The maximum atomic E-state index is 13.7. The minimum absolute atomic E-state index is 0.134. The van der Waals surface area contributed by atoms with Crippen LogP contribution in [0.3, 0.4) is 0 Å². The Labute approximate surface area is 127 Å². The first-order chi connectivity index (χ1) is 10.3. The lowest BCUT2D eigenvalue weighted by Crippen LogP contribution is -2.48. The maximum Gasteiger partial charge on any atom is 0.137 e. The third-order valence-corrected chi connectivity index (χ3v) is 4.47. The van der Waals surface area contributed by atoms with E-state index in [-0.39, 0.29) is 18.0 Å². The van der Waals surface area contributed by atoms with Crippen LogP contribution in [0.25, 0.3) is 0 Å². The van der Waals surface area contributed by atoms with E-state index in [0.29, 0.717) is 17.0 Å². The van der Waals surface area contributed by atoms with Crippen LogP contribution < -0.4 is 0 Å². The lowest BCUT2D eigenvalue weighted by Gasteiger charge is -2.40. The number of nitrogens with zero attached hydrogens (tertiary/aromatic N) is 1. The summed E-state index contributed by atoms with van der Waals surface area (Å²) in [5.74, 6) is -1.03. The molecule has 0 amide bonds. The van der Waals surface area contributed by atoms with E-state index in [1.807, 2.05) is 0 Å². The summed E-state index contributed by atoms with van der Waals surface area (Å²) in [5.41, 5.74) is 0.818. The number of aromatic nitrogens is 1. The van der Waals surface area contributed by atoms with Gasteiger partial charge in [-0.25, -0.2) is 4.39 Å². The molecule has 1 aromatic heterocycles. The normalized spacial score (nSPS) is 27.5. The highest BCUT2D eigenvalue weighted by molar-refractivity contribution is 5.82. The standard InChI is InChI=1S/C17H18FNO3/c1-9(20)16-15(11-5-4-6-12(18)7-11)14-10(2)22-19-13(14)8-17(16,3)21/h4-7,15-16,21H,8H2,1-3H3/t15-,16-,17+/m1/s1. The Morgan fingerprint density at radius 2 is 2.23 bits per heavy atom. The molecule has 22 heavy (non-hydrogen) atoms. The summed E-state index contributed by atoms with van der Waals surface area (Å²) in [7, 11) is 0. The predicted octanol–water partition coefficient (Wildman–Crippen LogP) is 2.77. The molecule has 0 spiro atoms. The van der Waals surface area contributed by atoms with Crippen molar-refractivity contribution in [3.63, 3.8) is 0 Å². The molecule has 116 valence electrons. The summed E-state index contributed by atoms with van der Waals surface area (Å²) in [5, 5.41) is 14.8. The number of hydrogen-bond acceptors (Lipinski definition) is 4. The highest BCUT2D eigenvalue weighted by Crippen LogP contribution is 2.47. The first-order valence-corrected chi connectivity index (χ1v) is 7.24. The summed E-state index contributed by atoms with van der Waals surface area (Å²) in [6.45, 7) is 4.85. The van der Waals surface area contributed by atoms with Crippen LogP contribution in [0.5, 0.6) is 0 Å². The predicted molar refractivity (Wildman–Crippen MR) is 78.0 cm³/mol. The van der Waals surface area contributed by atoms with E-state index in [9.17, 15) is 14.3 Å². The molecule has 0 unspecified atom stereocenters. The number of ketones is 1. The molecule has 3 atom stereocenters. The molecule has 0 aliphatic heterocycles. The third-order valence-electron chi connectivity index (χ3n) is 4.47. The number of aryl methyl sites for hydroxylation is 1. The summed E-state index contributed by atoms with van der Waals surface area (Å²) in [4.78, 5) is 12.2. The van der Waals surface area contributed by atoms with Crippen molar-refractivity contribution in [2.24, 2.45) is 5.92 Å². The van der Waals surface area contributed by atoms with Crippen LogP contribution >= 0.6 is 0 Å². The minimum atomic E-state index is -1.25. The van der Waals surface area contributed by atoms with Gasteiger partial charge >= 0.3 is 0 Å². The van der Waals surface area contributed by atoms with Crippen LogP contribution in [0.2, 0.25) is 0 Å². The fourth-order valence-electron chi connectivity index (χ4n) is 3.66. The fraction of sp³-hybridized carbons (Fsp3) is 0.412. The van der Waals surface area contributed by atoms with Crippen molar-refractivity contribution in [1.29, 1.82) is 0 Å². The number of halogens is 1. The monoisotopic (exact) mass is 303 g/mol. The molecular weight excluding hydrogens is 285 g/mol. The molecule has 0 fully saturated rings. The van der Waals surface area contributed by atoms with Crippen LogP contribution in [0.4, 0.5) is 4.39 Å². The summed E-state index contributed by atoms with van der Waals surface area (Å²) >= 11 is 0. The Morgan fingerprint density at radius 1 is 1.50 bits per heavy atom. The second kappa shape index (κ2) is 5.02. The molecule has 0 bridgehead atoms. The zero-order chi connectivity index (χ0) is 16.1. The van der Waals surface area contributed by atoms with Crippen molar-refractivity contribution >= 4 is 5.78 Å². The SMILES string of the molecule is CC(=O)[C@@H]1[C@H](c2cccc(F)c2)c2c(noc2C)C[C@]1(C)O.